The normalized spacial score (nSPS) is 15.9. The number of aryl methyl sites for hydroxylation is 1. The minimum atomic E-state index is -0.561. The first-order valence-corrected chi connectivity index (χ1v) is 9.53. The lowest BCUT2D eigenvalue weighted by molar-refractivity contribution is -0.122. The number of benzene rings is 2. The van der Waals surface area contributed by atoms with E-state index in [4.69, 9.17) is 9.47 Å². The summed E-state index contributed by atoms with van der Waals surface area (Å²) in [5.41, 5.74) is 3.21. The van der Waals surface area contributed by atoms with E-state index in [2.05, 4.69) is 22.3 Å². The van der Waals surface area contributed by atoms with Gasteiger partial charge in [-0.25, -0.2) is 0 Å². The largest absolute Gasteiger partial charge is 0.481 e. The van der Waals surface area contributed by atoms with Crippen LogP contribution in [0.3, 0.4) is 0 Å². The molecular weight excluding hydrogens is 340 g/mol. The van der Waals surface area contributed by atoms with E-state index in [1.807, 2.05) is 43.3 Å². The molecule has 2 aromatic carbocycles. The quantitative estimate of drug-likeness (QED) is 0.815. The van der Waals surface area contributed by atoms with Gasteiger partial charge >= 0.3 is 0 Å². The van der Waals surface area contributed by atoms with Crippen LogP contribution < -0.4 is 10.1 Å². The number of rotatable bonds is 7. The molecule has 1 fully saturated rings. The summed E-state index contributed by atoms with van der Waals surface area (Å²) in [7, 11) is 0. The van der Waals surface area contributed by atoms with Gasteiger partial charge in [0.1, 0.15) is 5.75 Å². The molecule has 0 spiro atoms. The van der Waals surface area contributed by atoms with Crippen LogP contribution in [0.25, 0.3) is 0 Å². The maximum atomic E-state index is 12.3. The van der Waals surface area contributed by atoms with Crippen molar-refractivity contribution < 1.29 is 14.3 Å². The molecule has 3 rings (SSSR count). The highest BCUT2D eigenvalue weighted by molar-refractivity contribution is 5.94. The number of hydrogen-bond donors (Lipinski definition) is 1. The smallest absolute Gasteiger partial charge is 0.265 e. The SMILES string of the molecule is Cc1ccc(OC(C)C(=O)Nc2ccc(CCN3CCOCC3)cc2)cc1. The molecule has 1 aliphatic rings. The molecule has 1 unspecified atom stereocenters. The van der Waals surface area contributed by atoms with Crippen molar-refractivity contribution in [3.8, 4) is 5.75 Å². The van der Waals surface area contributed by atoms with E-state index in [9.17, 15) is 4.79 Å². The van der Waals surface area contributed by atoms with Crippen LogP contribution in [-0.4, -0.2) is 49.8 Å². The molecule has 0 aromatic heterocycles. The molecule has 27 heavy (non-hydrogen) atoms. The molecule has 1 atom stereocenters. The van der Waals surface area contributed by atoms with Crippen LogP contribution in [0.2, 0.25) is 0 Å². The summed E-state index contributed by atoms with van der Waals surface area (Å²) in [6, 6.07) is 15.7. The number of anilines is 1. The summed E-state index contributed by atoms with van der Waals surface area (Å²) in [4.78, 5) is 14.8. The highest BCUT2D eigenvalue weighted by Crippen LogP contribution is 2.15. The maximum Gasteiger partial charge on any atom is 0.265 e. The van der Waals surface area contributed by atoms with E-state index >= 15 is 0 Å². The van der Waals surface area contributed by atoms with Gasteiger partial charge in [0.2, 0.25) is 0 Å². The van der Waals surface area contributed by atoms with E-state index in [1.165, 1.54) is 5.56 Å². The van der Waals surface area contributed by atoms with Crippen LogP contribution in [0.4, 0.5) is 5.69 Å². The van der Waals surface area contributed by atoms with Crippen molar-refractivity contribution in [3.05, 3.63) is 59.7 Å². The predicted octanol–water partition coefficient (Wildman–Crippen LogP) is 3.28. The van der Waals surface area contributed by atoms with Gasteiger partial charge < -0.3 is 14.8 Å². The highest BCUT2D eigenvalue weighted by atomic mass is 16.5. The number of carbonyl (C=O) groups is 1. The Bertz CT molecular complexity index is 722. The van der Waals surface area contributed by atoms with Gasteiger partial charge in [0, 0.05) is 25.3 Å². The predicted molar refractivity (Wildman–Crippen MR) is 107 cm³/mol. The lowest BCUT2D eigenvalue weighted by Gasteiger charge is -2.26. The molecular formula is C22H28N2O3. The van der Waals surface area contributed by atoms with Gasteiger partial charge in [-0.2, -0.15) is 0 Å². The van der Waals surface area contributed by atoms with E-state index in [0.717, 1.165) is 50.5 Å². The summed E-state index contributed by atoms with van der Waals surface area (Å²) < 4.78 is 11.1. The molecule has 2 aromatic rings. The Labute approximate surface area is 161 Å². The molecule has 1 saturated heterocycles. The minimum absolute atomic E-state index is 0.156. The van der Waals surface area contributed by atoms with Gasteiger partial charge in [0.15, 0.2) is 6.10 Å². The van der Waals surface area contributed by atoms with E-state index < -0.39 is 6.10 Å². The Kier molecular flexibility index (Phi) is 6.85. The average molecular weight is 368 g/mol. The number of hydrogen-bond acceptors (Lipinski definition) is 4. The summed E-state index contributed by atoms with van der Waals surface area (Å²) in [6.45, 7) is 8.48. The van der Waals surface area contributed by atoms with Crippen LogP contribution in [0.5, 0.6) is 5.75 Å². The van der Waals surface area contributed by atoms with Gasteiger partial charge in [-0.1, -0.05) is 29.8 Å². The Morgan fingerprint density at radius 2 is 1.78 bits per heavy atom. The number of amides is 1. The highest BCUT2D eigenvalue weighted by Gasteiger charge is 2.15. The Hall–Kier alpha value is -2.37. The molecule has 1 heterocycles. The van der Waals surface area contributed by atoms with Gasteiger partial charge in [-0.3, -0.25) is 9.69 Å². The summed E-state index contributed by atoms with van der Waals surface area (Å²) >= 11 is 0. The molecule has 5 nitrogen and oxygen atoms in total. The second kappa shape index (κ2) is 9.53. The average Bonchev–Trinajstić information content (AvgIpc) is 2.70. The van der Waals surface area contributed by atoms with Gasteiger partial charge in [-0.05, 0) is 50.1 Å². The molecule has 144 valence electrons. The second-order valence-corrected chi connectivity index (χ2v) is 6.96. The first-order valence-electron chi connectivity index (χ1n) is 9.53. The standard InChI is InChI=1S/C22H28N2O3/c1-17-3-9-21(10-4-17)27-18(2)22(25)23-20-7-5-19(6-8-20)11-12-24-13-15-26-16-14-24/h3-10,18H,11-16H2,1-2H3,(H,23,25). The molecule has 1 aliphatic heterocycles. The topological polar surface area (TPSA) is 50.8 Å². The number of ether oxygens (including phenoxy) is 2. The third-order valence-corrected chi connectivity index (χ3v) is 4.74. The first kappa shape index (κ1) is 19.4. The van der Waals surface area contributed by atoms with Crippen molar-refractivity contribution >= 4 is 11.6 Å². The lowest BCUT2D eigenvalue weighted by atomic mass is 10.1. The molecule has 0 aliphatic carbocycles. The van der Waals surface area contributed by atoms with Crippen LogP contribution in [0, 0.1) is 6.92 Å². The molecule has 0 radical (unpaired) electrons. The van der Waals surface area contributed by atoms with Crippen molar-refractivity contribution in [1.29, 1.82) is 0 Å². The number of morpholine rings is 1. The maximum absolute atomic E-state index is 12.3. The minimum Gasteiger partial charge on any atom is -0.481 e. The lowest BCUT2D eigenvalue weighted by Crippen LogP contribution is -2.37. The van der Waals surface area contributed by atoms with Crippen molar-refractivity contribution in [2.75, 3.05) is 38.2 Å². The molecule has 0 bridgehead atoms. The summed E-state index contributed by atoms with van der Waals surface area (Å²) in [6.07, 6.45) is 0.440. The zero-order valence-corrected chi connectivity index (χ0v) is 16.1. The molecule has 0 saturated carbocycles. The van der Waals surface area contributed by atoms with Crippen molar-refractivity contribution in [2.24, 2.45) is 0 Å². The van der Waals surface area contributed by atoms with Gasteiger partial charge in [-0.15, -0.1) is 0 Å². The van der Waals surface area contributed by atoms with Gasteiger partial charge in [0.05, 0.1) is 13.2 Å². The van der Waals surface area contributed by atoms with Crippen LogP contribution in [-0.2, 0) is 16.0 Å². The zero-order valence-electron chi connectivity index (χ0n) is 16.1. The van der Waals surface area contributed by atoms with E-state index in [1.54, 1.807) is 6.92 Å². The fourth-order valence-electron chi connectivity index (χ4n) is 2.99. The summed E-state index contributed by atoms with van der Waals surface area (Å²) in [5.74, 6) is 0.540. The second-order valence-electron chi connectivity index (χ2n) is 6.96. The van der Waals surface area contributed by atoms with Crippen LogP contribution >= 0.6 is 0 Å². The zero-order chi connectivity index (χ0) is 19.1. The Balaban J connectivity index is 1.46. The fraction of sp³-hybridized carbons (Fsp3) is 0.409. The third kappa shape index (κ3) is 6.08. The van der Waals surface area contributed by atoms with Crippen LogP contribution in [0.1, 0.15) is 18.1 Å². The number of nitrogens with one attached hydrogen (secondary N) is 1. The van der Waals surface area contributed by atoms with Crippen molar-refractivity contribution in [3.63, 3.8) is 0 Å². The van der Waals surface area contributed by atoms with Crippen molar-refractivity contribution in [1.82, 2.24) is 4.90 Å². The van der Waals surface area contributed by atoms with Gasteiger partial charge in [0.25, 0.3) is 5.91 Å². The monoisotopic (exact) mass is 368 g/mol. The molecule has 1 amide bonds. The van der Waals surface area contributed by atoms with Crippen LogP contribution in [0.15, 0.2) is 48.5 Å². The number of carbonyl (C=O) groups excluding carboxylic acids is 1. The Morgan fingerprint density at radius 3 is 2.44 bits per heavy atom. The molecule has 5 heteroatoms. The summed E-state index contributed by atoms with van der Waals surface area (Å²) in [5, 5.41) is 2.92. The molecule has 1 N–H and O–H groups in total. The van der Waals surface area contributed by atoms with Crippen molar-refractivity contribution in [2.45, 2.75) is 26.4 Å². The third-order valence-electron chi connectivity index (χ3n) is 4.74. The number of nitrogens with zero attached hydrogens (tertiary/aromatic N) is 1. The Morgan fingerprint density at radius 1 is 1.11 bits per heavy atom. The van der Waals surface area contributed by atoms with E-state index in [0.29, 0.717) is 5.75 Å². The van der Waals surface area contributed by atoms with E-state index in [-0.39, 0.29) is 5.91 Å². The fourth-order valence-corrected chi connectivity index (χ4v) is 2.99. The first-order chi connectivity index (χ1) is 13.1.